The fraction of sp³-hybridized carbons (Fsp3) is 0.188. The number of rotatable bonds is 6. The van der Waals surface area contributed by atoms with Gasteiger partial charge < -0.3 is 20.0 Å². The van der Waals surface area contributed by atoms with Crippen LogP contribution in [0.5, 0.6) is 11.5 Å². The average molecular weight is 315 g/mol. The topological polar surface area (TPSA) is 96.0 Å². The van der Waals surface area contributed by atoms with E-state index in [-0.39, 0.29) is 5.84 Å². The normalized spacial score (nSPS) is 12.3. The number of methoxy groups -OCH3 is 1. The molecule has 0 radical (unpaired) electrons. The van der Waals surface area contributed by atoms with Gasteiger partial charge in [0.15, 0.2) is 11.9 Å². The number of nitrogens with zero attached hydrogens (tertiary/aromatic N) is 2. The third-order valence-electron chi connectivity index (χ3n) is 2.87. The molecule has 0 fully saturated rings. The van der Waals surface area contributed by atoms with E-state index in [4.69, 9.17) is 20.0 Å². The van der Waals surface area contributed by atoms with Gasteiger partial charge in [0.2, 0.25) is 0 Å². The Morgan fingerprint density at radius 3 is 2.48 bits per heavy atom. The highest BCUT2D eigenvalue weighted by Gasteiger charge is 2.17. The Labute approximate surface area is 133 Å². The van der Waals surface area contributed by atoms with Gasteiger partial charge in [0.05, 0.1) is 7.11 Å². The maximum atomic E-state index is 11.9. The fourth-order valence-electron chi connectivity index (χ4n) is 1.64. The van der Waals surface area contributed by atoms with E-state index in [1.807, 2.05) is 0 Å². The van der Waals surface area contributed by atoms with Crippen LogP contribution < -0.4 is 15.2 Å². The molecule has 120 valence electrons. The number of benzene rings is 1. The quantitative estimate of drug-likeness (QED) is 0.377. The Kier molecular flexibility index (Phi) is 5.51. The summed E-state index contributed by atoms with van der Waals surface area (Å²) in [7, 11) is 1.57. The van der Waals surface area contributed by atoms with Crippen molar-refractivity contribution in [3.05, 3.63) is 54.4 Å². The smallest absolute Gasteiger partial charge is 0.374 e. The highest BCUT2D eigenvalue weighted by Crippen LogP contribution is 2.18. The van der Waals surface area contributed by atoms with Crippen molar-refractivity contribution in [1.29, 1.82) is 0 Å². The summed E-state index contributed by atoms with van der Waals surface area (Å²) in [4.78, 5) is 20.6. The van der Waals surface area contributed by atoms with Crippen LogP contribution in [0.25, 0.3) is 0 Å². The van der Waals surface area contributed by atoms with Gasteiger partial charge in [-0.25, -0.2) is 4.79 Å². The number of carbonyl (C=O) groups excluding carboxylic acids is 1. The Morgan fingerprint density at radius 2 is 1.87 bits per heavy atom. The van der Waals surface area contributed by atoms with Crippen molar-refractivity contribution in [2.24, 2.45) is 10.9 Å². The van der Waals surface area contributed by atoms with Gasteiger partial charge in [-0.15, -0.1) is 0 Å². The number of oxime groups is 1. The van der Waals surface area contributed by atoms with Gasteiger partial charge >= 0.3 is 5.97 Å². The van der Waals surface area contributed by atoms with Gasteiger partial charge in [0.1, 0.15) is 17.2 Å². The van der Waals surface area contributed by atoms with E-state index in [0.29, 0.717) is 17.2 Å². The number of pyridine rings is 1. The largest absolute Gasteiger partial charge is 0.497 e. The second-order valence-corrected chi connectivity index (χ2v) is 4.54. The summed E-state index contributed by atoms with van der Waals surface area (Å²) in [5, 5.41) is 3.57. The minimum Gasteiger partial charge on any atom is -0.497 e. The molecule has 0 amide bonds. The van der Waals surface area contributed by atoms with Gasteiger partial charge in [-0.3, -0.25) is 4.98 Å². The molecule has 0 aliphatic rings. The molecular weight excluding hydrogens is 298 g/mol. The van der Waals surface area contributed by atoms with Crippen molar-refractivity contribution in [3.63, 3.8) is 0 Å². The molecule has 23 heavy (non-hydrogen) atoms. The number of carbonyl (C=O) groups is 1. The van der Waals surface area contributed by atoms with Crippen LogP contribution in [0, 0.1) is 0 Å². The first-order valence-electron chi connectivity index (χ1n) is 6.86. The molecule has 7 heteroatoms. The van der Waals surface area contributed by atoms with Gasteiger partial charge in [0, 0.05) is 6.20 Å². The highest BCUT2D eigenvalue weighted by atomic mass is 16.7. The number of amidine groups is 1. The van der Waals surface area contributed by atoms with Crippen LogP contribution in [0.2, 0.25) is 0 Å². The van der Waals surface area contributed by atoms with Gasteiger partial charge in [-0.1, -0.05) is 11.2 Å². The molecule has 2 aromatic rings. The molecule has 7 nitrogen and oxygen atoms in total. The van der Waals surface area contributed by atoms with Crippen molar-refractivity contribution in [2.75, 3.05) is 7.11 Å². The summed E-state index contributed by atoms with van der Waals surface area (Å²) < 4.78 is 10.5. The minimum atomic E-state index is -0.844. The summed E-state index contributed by atoms with van der Waals surface area (Å²) in [5.74, 6) is 0.549. The minimum absolute atomic E-state index is 0.00981. The summed E-state index contributed by atoms with van der Waals surface area (Å²) in [6.07, 6.45) is 0.721. The number of hydrogen-bond donors (Lipinski definition) is 1. The highest BCUT2D eigenvalue weighted by molar-refractivity contribution is 5.95. The summed E-state index contributed by atoms with van der Waals surface area (Å²) in [6, 6.07) is 12.0. The fourth-order valence-corrected chi connectivity index (χ4v) is 1.64. The first-order chi connectivity index (χ1) is 11.1. The van der Waals surface area contributed by atoms with E-state index >= 15 is 0 Å². The zero-order valence-corrected chi connectivity index (χ0v) is 12.8. The van der Waals surface area contributed by atoms with Crippen molar-refractivity contribution in [2.45, 2.75) is 13.0 Å². The molecule has 0 bridgehead atoms. The molecule has 0 aliphatic carbocycles. The van der Waals surface area contributed by atoms with Crippen LogP contribution in [-0.2, 0) is 9.63 Å². The maximum absolute atomic E-state index is 11.9. The van der Waals surface area contributed by atoms with Gasteiger partial charge in [-0.05, 0) is 43.3 Å². The molecule has 0 saturated carbocycles. The number of hydrogen-bond acceptors (Lipinski definition) is 6. The van der Waals surface area contributed by atoms with E-state index < -0.39 is 12.1 Å². The molecule has 0 saturated heterocycles. The first-order valence-corrected chi connectivity index (χ1v) is 6.86. The molecule has 2 rings (SSSR count). The molecule has 2 N–H and O–H groups in total. The van der Waals surface area contributed by atoms with E-state index in [1.54, 1.807) is 62.7 Å². The third-order valence-corrected chi connectivity index (χ3v) is 2.87. The Bertz CT molecular complexity index is 671. The standard InChI is InChI=1S/C16H17N3O4/c1-11(22-13-8-6-12(21-2)7-9-13)16(20)23-19-15(17)14-5-3-4-10-18-14/h3-11H,1-2H3,(H2,17,19)/t11-/m0/s1. The Hall–Kier alpha value is -3.09. The number of nitrogens with two attached hydrogens (primary N) is 1. The lowest BCUT2D eigenvalue weighted by atomic mass is 10.3. The molecule has 1 heterocycles. The summed E-state index contributed by atoms with van der Waals surface area (Å²) >= 11 is 0. The van der Waals surface area contributed by atoms with Crippen LogP contribution in [0.1, 0.15) is 12.6 Å². The molecule has 1 aromatic heterocycles. The van der Waals surface area contributed by atoms with Crippen LogP contribution in [0.15, 0.2) is 53.8 Å². The van der Waals surface area contributed by atoms with E-state index in [2.05, 4.69) is 10.1 Å². The molecular formula is C16H17N3O4. The second kappa shape index (κ2) is 7.79. The van der Waals surface area contributed by atoms with E-state index in [1.165, 1.54) is 0 Å². The molecule has 1 aromatic carbocycles. The zero-order chi connectivity index (χ0) is 16.7. The Balaban J connectivity index is 1.91. The maximum Gasteiger partial charge on any atom is 0.374 e. The lowest BCUT2D eigenvalue weighted by Gasteiger charge is -2.12. The monoisotopic (exact) mass is 315 g/mol. The van der Waals surface area contributed by atoms with Crippen molar-refractivity contribution in [1.82, 2.24) is 4.98 Å². The van der Waals surface area contributed by atoms with Crippen molar-refractivity contribution >= 4 is 11.8 Å². The van der Waals surface area contributed by atoms with Gasteiger partial charge in [0.25, 0.3) is 0 Å². The number of aromatic nitrogens is 1. The predicted molar refractivity (Wildman–Crippen MR) is 84.1 cm³/mol. The van der Waals surface area contributed by atoms with Crippen LogP contribution in [0.3, 0.4) is 0 Å². The van der Waals surface area contributed by atoms with Crippen LogP contribution in [0.4, 0.5) is 0 Å². The first kappa shape index (κ1) is 16.3. The van der Waals surface area contributed by atoms with E-state index in [9.17, 15) is 4.79 Å². The average Bonchev–Trinajstić information content (AvgIpc) is 2.60. The SMILES string of the molecule is COc1ccc(O[C@@H](C)C(=O)O/N=C(/N)c2ccccn2)cc1. The summed E-state index contributed by atoms with van der Waals surface area (Å²) in [6.45, 7) is 1.55. The summed E-state index contributed by atoms with van der Waals surface area (Å²) in [5.41, 5.74) is 6.10. The van der Waals surface area contributed by atoms with Crippen LogP contribution >= 0.6 is 0 Å². The van der Waals surface area contributed by atoms with Crippen molar-refractivity contribution in [3.8, 4) is 11.5 Å². The van der Waals surface area contributed by atoms with E-state index in [0.717, 1.165) is 0 Å². The van der Waals surface area contributed by atoms with Gasteiger partial charge in [-0.2, -0.15) is 0 Å². The van der Waals surface area contributed by atoms with Crippen molar-refractivity contribution < 1.29 is 19.1 Å². The zero-order valence-electron chi connectivity index (χ0n) is 12.8. The molecule has 1 atom stereocenters. The molecule has 0 unspecified atom stereocenters. The third kappa shape index (κ3) is 4.70. The second-order valence-electron chi connectivity index (χ2n) is 4.54. The molecule has 0 aliphatic heterocycles. The lowest BCUT2D eigenvalue weighted by molar-refractivity contribution is -0.151. The number of ether oxygens (including phenoxy) is 2. The predicted octanol–water partition coefficient (Wildman–Crippen LogP) is 1.72. The Morgan fingerprint density at radius 1 is 1.17 bits per heavy atom. The lowest BCUT2D eigenvalue weighted by Crippen LogP contribution is -2.26. The van der Waals surface area contributed by atoms with Crippen LogP contribution in [-0.4, -0.2) is 30.0 Å². The molecule has 0 spiro atoms.